The molecule has 3 rings (SSSR count). The lowest BCUT2D eigenvalue weighted by molar-refractivity contribution is -0.685. The predicted molar refractivity (Wildman–Crippen MR) is 118 cm³/mol. The highest BCUT2D eigenvalue weighted by Crippen LogP contribution is 2.13. The first-order valence-corrected chi connectivity index (χ1v) is 9.63. The lowest BCUT2D eigenvalue weighted by atomic mass is 10.1. The monoisotopic (exact) mass is 405 g/mol. The second-order valence-electron chi connectivity index (χ2n) is 6.98. The molecule has 30 heavy (non-hydrogen) atoms. The number of non-ortho nitro benzene ring substituents is 1. The molecule has 0 fully saturated rings. The van der Waals surface area contributed by atoms with Crippen LogP contribution in [-0.4, -0.2) is 35.6 Å². The minimum atomic E-state index is -0.410. The Morgan fingerprint density at radius 3 is 2.40 bits per heavy atom. The van der Waals surface area contributed by atoms with E-state index in [9.17, 15) is 10.1 Å². The molecule has 0 saturated heterocycles. The molecule has 0 bridgehead atoms. The maximum absolute atomic E-state index is 10.8. The van der Waals surface area contributed by atoms with Crippen molar-refractivity contribution < 1.29 is 9.60 Å². The van der Waals surface area contributed by atoms with Crippen LogP contribution in [0.4, 0.5) is 11.4 Å². The molecule has 0 atom stereocenters. The maximum atomic E-state index is 10.8. The summed E-state index contributed by atoms with van der Waals surface area (Å²) in [6.45, 7) is 3.92. The number of anilines is 1. The van der Waals surface area contributed by atoms with E-state index >= 15 is 0 Å². The molecule has 0 unspecified atom stereocenters. The van der Waals surface area contributed by atoms with E-state index in [1.807, 2.05) is 58.7 Å². The van der Waals surface area contributed by atoms with E-state index in [1.54, 1.807) is 21.5 Å². The van der Waals surface area contributed by atoms with Crippen molar-refractivity contribution in [3.63, 3.8) is 0 Å². The van der Waals surface area contributed by atoms with Crippen LogP contribution >= 0.6 is 0 Å². The summed E-state index contributed by atoms with van der Waals surface area (Å²) in [4.78, 5) is 12.5. The van der Waals surface area contributed by atoms with Crippen molar-refractivity contribution in [2.75, 3.05) is 19.0 Å². The van der Waals surface area contributed by atoms with Crippen molar-refractivity contribution in [2.24, 2.45) is 10.2 Å². The Bertz CT molecular complexity index is 1080. The summed E-state index contributed by atoms with van der Waals surface area (Å²) in [5.41, 5.74) is 3.79. The Morgan fingerprint density at radius 2 is 1.83 bits per heavy atom. The van der Waals surface area contributed by atoms with Crippen molar-refractivity contribution in [3.8, 4) is 0 Å². The number of aromatic nitrogens is 2. The third-order valence-corrected chi connectivity index (χ3v) is 4.69. The van der Waals surface area contributed by atoms with Crippen molar-refractivity contribution in [3.05, 3.63) is 88.0 Å². The van der Waals surface area contributed by atoms with Crippen LogP contribution < -0.4 is 9.58 Å². The first-order valence-electron chi connectivity index (χ1n) is 9.63. The molecule has 0 saturated carbocycles. The minimum Gasteiger partial charge on any atom is -0.378 e. The van der Waals surface area contributed by atoms with E-state index < -0.39 is 4.92 Å². The number of hydrogen-bond donors (Lipinski definition) is 0. The normalized spacial score (nSPS) is 11.8. The second-order valence-corrected chi connectivity index (χ2v) is 6.98. The number of hydrogen-bond acceptors (Lipinski definition) is 5. The van der Waals surface area contributed by atoms with Crippen LogP contribution in [-0.2, 0) is 6.42 Å². The summed E-state index contributed by atoms with van der Waals surface area (Å²) in [5, 5.41) is 20.0. The third-order valence-electron chi connectivity index (χ3n) is 4.69. The first kappa shape index (κ1) is 20.9. The molecule has 3 aromatic rings. The van der Waals surface area contributed by atoms with Gasteiger partial charge in [-0.1, -0.05) is 29.3 Å². The summed E-state index contributed by atoms with van der Waals surface area (Å²) in [7, 11) is 4.02. The lowest BCUT2D eigenvalue weighted by Gasteiger charge is -2.11. The zero-order valence-electron chi connectivity index (χ0n) is 17.6. The quantitative estimate of drug-likeness (QED) is 0.261. The average Bonchev–Trinajstić information content (AvgIpc) is 3.13. The van der Waals surface area contributed by atoms with Crippen LogP contribution in [0.2, 0.25) is 0 Å². The zero-order chi connectivity index (χ0) is 21.7. The summed E-state index contributed by atoms with van der Waals surface area (Å²) >= 11 is 0. The van der Waals surface area contributed by atoms with Crippen LogP contribution in [0.25, 0.3) is 0 Å². The molecular weight excluding hydrogens is 380 g/mol. The van der Waals surface area contributed by atoms with E-state index in [-0.39, 0.29) is 5.69 Å². The van der Waals surface area contributed by atoms with Gasteiger partial charge in [0.05, 0.1) is 23.3 Å². The van der Waals surface area contributed by atoms with Gasteiger partial charge in [0.15, 0.2) is 12.4 Å². The largest absolute Gasteiger partial charge is 0.378 e. The highest BCUT2D eigenvalue weighted by atomic mass is 16.6. The molecule has 0 N–H and O–H groups in total. The van der Waals surface area contributed by atoms with E-state index in [0.717, 1.165) is 34.8 Å². The maximum Gasteiger partial charge on any atom is 0.307 e. The van der Waals surface area contributed by atoms with Gasteiger partial charge in [-0.25, -0.2) is 0 Å². The van der Waals surface area contributed by atoms with Gasteiger partial charge in [-0.3, -0.25) is 10.1 Å². The zero-order valence-corrected chi connectivity index (χ0v) is 17.6. The number of benzene rings is 2. The van der Waals surface area contributed by atoms with E-state index in [2.05, 4.69) is 27.2 Å². The molecule has 0 aliphatic heterocycles. The van der Waals surface area contributed by atoms with Crippen molar-refractivity contribution in [2.45, 2.75) is 20.3 Å². The van der Waals surface area contributed by atoms with Gasteiger partial charge in [0.2, 0.25) is 0 Å². The SMILES string of the molecule is CCc1n(/N=C/c2ccc(N(C)C)cc2)cc[n+]1/N=C(\C)c1ccc([N+](=O)[O-])cc1. The van der Waals surface area contributed by atoms with Crippen LogP contribution in [0.1, 0.15) is 30.8 Å². The molecule has 8 nitrogen and oxygen atoms in total. The van der Waals surface area contributed by atoms with Crippen molar-refractivity contribution in [1.29, 1.82) is 0 Å². The Labute approximate surface area is 175 Å². The summed E-state index contributed by atoms with van der Waals surface area (Å²) in [5.74, 6) is 0.914. The number of nitrogens with zero attached hydrogens (tertiary/aromatic N) is 6. The fraction of sp³-hybridized carbons (Fsp3) is 0.227. The van der Waals surface area contributed by atoms with Gasteiger partial charge in [-0.05, 0) is 42.3 Å². The fourth-order valence-electron chi connectivity index (χ4n) is 2.95. The van der Waals surface area contributed by atoms with Crippen LogP contribution in [0.3, 0.4) is 0 Å². The molecule has 8 heteroatoms. The van der Waals surface area contributed by atoms with Gasteiger partial charge in [-0.2, -0.15) is 0 Å². The lowest BCUT2D eigenvalue weighted by Crippen LogP contribution is -2.32. The molecule has 0 spiro atoms. The Kier molecular flexibility index (Phi) is 6.36. The molecule has 0 amide bonds. The van der Waals surface area contributed by atoms with Crippen molar-refractivity contribution >= 4 is 23.3 Å². The highest BCUT2D eigenvalue weighted by molar-refractivity contribution is 5.98. The Morgan fingerprint density at radius 1 is 1.17 bits per heavy atom. The summed E-state index contributed by atoms with van der Waals surface area (Å²) < 4.78 is 3.58. The standard InChI is InChI=1S/C22H25N6O2/c1-5-22-26(23-16-18-6-10-20(11-7-18)25(3)4)14-15-27(22)24-17(2)19-8-12-21(13-9-19)28(29)30/h6-16H,5H2,1-4H3/q+1/b23-16+,24-17+. The predicted octanol–water partition coefficient (Wildman–Crippen LogP) is 3.47. The van der Waals surface area contributed by atoms with E-state index in [4.69, 9.17) is 0 Å². The van der Waals surface area contributed by atoms with Gasteiger partial charge in [-0.15, -0.1) is 9.35 Å². The summed E-state index contributed by atoms with van der Waals surface area (Å²) in [6, 6.07) is 14.5. The van der Waals surface area contributed by atoms with Gasteiger partial charge in [0, 0.05) is 31.9 Å². The number of nitro benzene ring substituents is 1. The smallest absolute Gasteiger partial charge is 0.307 e. The molecule has 0 radical (unpaired) electrons. The van der Waals surface area contributed by atoms with Crippen molar-refractivity contribution in [1.82, 2.24) is 4.68 Å². The second kappa shape index (κ2) is 9.13. The van der Waals surface area contributed by atoms with Gasteiger partial charge >= 0.3 is 5.82 Å². The van der Waals surface area contributed by atoms with Gasteiger partial charge in [0.1, 0.15) is 0 Å². The van der Waals surface area contributed by atoms with Crippen LogP contribution in [0.5, 0.6) is 0 Å². The average molecular weight is 405 g/mol. The third kappa shape index (κ3) is 4.78. The summed E-state index contributed by atoms with van der Waals surface area (Å²) in [6.07, 6.45) is 6.26. The molecule has 1 aromatic heterocycles. The molecular formula is C22H25N6O2+. The first-order chi connectivity index (χ1) is 14.4. The minimum absolute atomic E-state index is 0.0626. The Balaban J connectivity index is 1.82. The topological polar surface area (TPSA) is 79.9 Å². The fourth-order valence-corrected chi connectivity index (χ4v) is 2.95. The van der Waals surface area contributed by atoms with Gasteiger partial charge < -0.3 is 4.90 Å². The number of rotatable bonds is 7. The van der Waals surface area contributed by atoms with Gasteiger partial charge in [0.25, 0.3) is 5.69 Å². The number of nitro groups is 1. The van der Waals surface area contributed by atoms with Crippen LogP contribution in [0, 0.1) is 10.1 Å². The van der Waals surface area contributed by atoms with E-state index in [0.29, 0.717) is 0 Å². The highest BCUT2D eigenvalue weighted by Gasteiger charge is 2.16. The molecule has 2 aromatic carbocycles. The molecule has 1 heterocycles. The molecule has 0 aliphatic carbocycles. The Hall–Kier alpha value is -3.81. The van der Waals surface area contributed by atoms with E-state index in [1.165, 1.54) is 12.1 Å². The molecule has 154 valence electrons. The van der Waals surface area contributed by atoms with Crippen LogP contribution in [0.15, 0.2) is 71.1 Å². The number of imidazole rings is 1. The molecule has 0 aliphatic rings.